The van der Waals surface area contributed by atoms with Crippen molar-refractivity contribution in [1.29, 1.82) is 0 Å². The second-order valence-electron chi connectivity index (χ2n) is 4.61. The minimum Gasteiger partial charge on any atom is -0.224 e. The molecule has 102 valence electrons. The molecule has 1 atom stereocenters. The predicted octanol–water partition coefficient (Wildman–Crippen LogP) is 4.25. The van der Waals surface area contributed by atoms with Gasteiger partial charge in [0.15, 0.2) is 9.84 Å². The molecule has 0 amide bonds. The van der Waals surface area contributed by atoms with Gasteiger partial charge in [-0.3, -0.25) is 0 Å². The molecule has 1 aromatic carbocycles. The Labute approximate surface area is 126 Å². The molecule has 0 radical (unpaired) electrons. The number of sulfone groups is 1. The van der Waals surface area contributed by atoms with Gasteiger partial charge in [0.05, 0.1) is 9.72 Å². The fourth-order valence-electron chi connectivity index (χ4n) is 1.97. The van der Waals surface area contributed by atoms with E-state index in [-0.39, 0.29) is 4.83 Å². The summed E-state index contributed by atoms with van der Waals surface area (Å²) in [6.45, 7) is 4.15. The van der Waals surface area contributed by atoms with Crippen molar-refractivity contribution >= 4 is 37.1 Å². The van der Waals surface area contributed by atoms with Crippen molar-refractivity contribution in [3.63, 3.8) is 0 Å². The van der Waals surface area contributed by atoms with E-state index in [0.717, 1.165) is 5.56 Å². The van der Waals surface area contributed by atoms with Crippen molar-refractivity contribution in [3.8, 4) is 0 Å². The maximum atomic E-state index is 11.6. The summed E-state index contributed by atoms with van der Waals surface area (Å²) in [4.78, 5) is 2.88. The first kappa shape index (κ1) is 14.8. The summed E-state index contributed by atoms with van der Waals surface area (Å²) in [6, 6.07) is 9.25. The fraction of sp³-hybridized carbons (Fsp3) is 0.286. The van der Waals surface area contributed by atoms with Gasteiger partial charge in [-0.05, 0) is 43.2 Å². The molecule has 19 heavy (non-hydrogen) atoms. The van der Waals surface area contributed by atoms with Crippen molar-refractivity contribution in [2.75, 3.05) is 6.26 Å². The zero-order valence-electron chi connectivity index (χ0n) is 11.0. The lowest BCUT2D eigenvalue weighted by Gasteiger charge is -2.11. The van der Waals surface area contributed by atoms with Gasteiger partial charge in [0.2, 0.25) is 0 Å². The number of alkyl halides is 1. The van der Waals surface area contributed by atoms with E-state index >= 15 is 0 Å². The maximum Gasteiger partial charge on any atom is 0.175 e. The first-order valence-electron chi connectivity index (χ1n) is 5.80. The molecule has 0 N–H and O–H groups in total. The molecule has 0 saturated heterocycles. The Balaban J connectivity index is 2.45. The highest BCUT2D eigenvalue weighted by Gasteiger charge is 2.17. The zero-order chi connectivity index (χ0) is 14.2. The van der Waals surface area contributed by atoms with E-state index in [9.17, 15) is 8.42 Å². The molecule has 0 aliphatic carbocycles. The topological polar surface area (TPSA) is 34.1 Å². The van der Waals surface area contributed by atoms with Gasteiger partial charge in [-0.2, -0.15) is 0 Å². The van der Waals surface area contributed by atoms with Gasteiger partial charge in [-0.15, -0.1) is 11.3 Å². The highest BCUT2D eigenvalue weighted by molar-refractivity contribution is 9.09. The Morgan fingerprint density at radius 3 is 2.42 bits per heavy atom. The predicted molar refractivity (Wildman–Crippen MR) is 84.1 cm³/mol. The molecule has 5 heteroatoms. The smallest absolute Gasteiger partial charge is 0.175 e. The number of aryl methyl sites for hydroxylation is 2. The van der Waals surface area contributed by atoms with Gasteiger partial charge in [-0.1, -0.05) is 28.1 Å². The molecule has 0 fully saturated rings. The number of thiophene rings is 1. The van der Waals surface area contributed by atoms with Crippen molar-refractivity contribution in [3.05, 3.63) is 51.2 Å². The van der Waals surface area contributed by atoms with Gasteiger partial charge >= 0.3 is 0 Å². The lowest BCUT2D eigenvalue weighted by atomic mass is 10.1. The van der Waals surface area contributed by atoms with E-state index in [1.54, 1.807) is 29.5 Å². The second-order valence-corrected chi connectivity index (χ2v) is 8.83. The quantitative estimate of drug-likeness (QED) is 0.768. The molecule has 2 nitrogen and oxygen atoms in total. The average Bonchev–Trinajstić information content (AvgIpc) is 2.66. The van der Waals surface area contributed by atoms with E-state index < -0.39 is 9.84 Å². The van der Waals surface area contributed by atoms with Gasteiger partial charge in [0.25, 0.3) is 0 Å². The van der Waals surface area contributed by atoms with Crippen LogP contribution in [0.4, 0.5) is 0 Å². The molecular formula is C14H15BrO2S2. The van der Waals surface area contributed by atoms with Gasteiger partial charge in [0.1, 0.15) is 0 Å². The van der Waals surface area contributed by atoms with Crippen molar-refractivity contribution in [1.82, 2.24) is 0 Å². The van der Waals surface area contributed by atoms with Crippen LogP contribution < -0.4 is 0 Å². The van der Waals surface area contributed by atoms with E-state index in [2.05, 4.69) is 35.8 Å². The van der Waals surface area contributed by atoms with Crippen LogP contribution in [0.2, 0.25) is 0 Å². The third kappa shape index (κ3) is 3.27. The normalized spacial score (nSPS) is 13.5. The number of halogens is 1. The first-order valence-corrected chi connectivity index (χ1v) is 9.42. The van der Waals surface area contributed by atoms with E-state index in [1.807, 2.05) is 6.07 Å². The standard InChI is InChI=1S/C14H15BrO2S2/c1-9-7-10(2)18-14(9)13(15)11-5-4-6-12(8-11)19(3,16)17/h4-8,13H,1-3H3. The van der Waals surface area contributed by atoms with E-state index in [4.69, 9.17) is 0 Å². The Morgan fingerprint density at radius 2 is 1.89 bits per heavy atom. The largest absolute Gasteiger partial charge is 0.224 e. The molecule has 2 rings (SSSR count). The Bertz CT molecular complexity index is 702. The number of rotatable bonds is 3. The Kier molecular flexibility index (Phi) is 4.18. The minimum atomic E-state index is -3.16. The third-order valence-corrected chi connectivity index (χ3v) is 6.51. The Hall–Kier alpha value is -0.650. The first-order chi connectivity index (χ1) is 8.79. The highest BCUT2D eigenvalue weighted by atomic mass is 79.9. The average molecular weight is 359 g/mol. The van der Waals surface area contributed by atoms with Crippen LogP contribution in [0, 0.1) is 13.8 Å². The van der Waals surface area contributed by atoms with E-state index in [0.29, 0.717) is 4.90 Å². The molecule has 0 spiro atoms. The van der Waals surface area contributed by atoms with Gasteiger partial charge < -0.3 is 0 Å². The summed E-state index contributed by atoms with van der Waals surface area (Å²) in [5.41, 5.74) is 2.20. The SMILES string of the molecule is Cc1cc(C)c(C(Br)c2cccc(S(C)(=O)=O)c2)s1. The molecule has 0 saturated carbocycles. The lowest BCUT2D eigenvalue weighted by Crippen LogP contribution is -1.99. The summed E-state index contributed by atoms with van der Waals surface area (Å²) in [5.74, 6) is 0. The molecule has 0 bridgehead atoms. The highest BCUT2D eigenvalue weighted by Crippen LogP contribution is 2.38. The van der Waals surface area contributed by atoms with Gasteiger partial charge in [-0.25, -0.2) is 8.42 Å². The molecule has 1 heterocycles. The fourth-order valence-corrected chi connectivity index (χ4v) is 4.61. The lowest BCUT2D eigenvalue weighted by molar-refractivity contribution is 0.602. The van der Waals surface area contributed by atoms with Crippen LogP contribution in [0.1, 0.15) is 25.7 Å². The van der Waals surface area contributed by atoms with Crippen LogP contribution >= 0.6 is 27.3 Å². The van der Waals surface area contributed by atoms with E-state index in [1.165, 1.54) is 21.6 Å². The molecule has 1 aromatic heterocycles. The molecular weight excluding hydrogens is 344 g/mol. The molecule has 1 unspecified atom stereocenters. The number of hydrogen-bond donors (Lipinski definition) is 0. The summed E-state index contributed by atoms with van der Waals surface area (Å²) < 4.78 is 23.2. The molecule has 0 aliphatic heterocycles. The third-order valence-electron chi connectivity index (χ3n) is 2.89. The van der Waals surface area contributed by atoms with Crippen LogP contribution in [0.15, 0.2) is 35.2 Å². The second kappa shape index (κ2) is 5.38. The van der Waals surface area contributed by atoms with Crippen LogP contribution in [0.25, 0.3) is 0 Å². The molecule has 2 aromatic rings. The molecule has 0 aliphatic rings. The van der Waals surface area contributed by atoms with Crippen molar-refractivity contribution in [2.24, 2.45) is 0 Å². The van der Waals surface area contributed by atoms with Crippen LogP contribution in [-0.2, 0) is 9.84 Å². The Morgan fingerprint density at radius 1 is 1.21 bits per heavy atom. The zero-order valence-corrected chi connectivity index (χ0v) is 14.2. The maximum absolute atomic E-state index is 11.6. The van der Waals surface area contributed by atoms with Crippen LogP contribution in [0.5, 0.6) is 0 Å². The van der Waals surface area contributed by atoms with Crippen molar-refractivity contribution in [2.45, 2.75) is 23.6 Å². The summed E-state index contributed by atoms with van der Waals surface area (Å²) in [5, 5.41) is 0. The van der Waals surface area contributed by atoms with Gasteiger partial charge in [0, 0.05) is 16.0 Å². The summed E-state index contributed by atoms with van der Waals surface area (Å²) in [6.07, 6.45) is 1.23. The minimum absolute atomic E-state index is 0.0351. The monoisotopic (exact) mass is 358 g/mol. The van der Waals surface area contributed by atoms with Crippen LogP contribution in [0.3, 0.4) is 0 Å². The number of hydrogen-bond acceptors (Lipinski definition) is 3. The summed E-state index contributed by atoms with van der Waals surface area (Å²) >= 11 is 5.41. The van der Waals surface area contributed by atoms with Crippen molar-refractivity contribution < 1.29 is 8.42 Å². The van der Waals surface area contributed by atoms with Crippen LogP contribution in [-0.4, -0.2) is 14.7 Å². The number of benzene rings is 1. The summed E-state index contributed by atoms with van der Waals surface area (Å²) in [7, 11) is -3.16.